The van der Waals surface area contributed by atoms with Gasteiger partial charge in [-0.1, -0.05) is 0 Å². The van der Waals surface area contributed by atoms with E-state index in [1.54, 1.807) is 0 Å². The number of nitrogens with two attached hydrogens (primary N) is 1. The van der Waals surface area contributed by atoms with Crippen LogP contribution in [0.4, 0.5) is 10.1 Å². The zero-order valence-electron chi connectivity index (χ0n) is 6.55. The summed E-state index contributed by atoms with van der Waals surface area (Å²) in [7, 11) is 0. The van der Waals surface area contributed by atoms with Gasteiger partial charge in [-0.2, -0.15) is 4.68 Å². The Labute approximate surface area is 73.0 Å². The minimum absolute atomic E-state index is 0.298. The predicted octanol–water partition coefficient (Wildman–Crippen LogP) is 0.384. The number of anilines is 1. The van der Waals surface area contributed by atoms with Crippen LogP contribution >= 0.6 is 0 Å². The molecule has 0 saturated heterocycles. The molecular weight excluding hydrogens is 173 g/mol. The van der Waals surface area contributed by atoms with Crippen molar-refractivity contribution in [2.45, 2.75) is 0 Å². The van der Waals surface area contributed by atoms with Gasteiger partial charge in [0.1, 0.15) is 12.1 Å². The normalized spacial score (nSPS) is 10.2. The average Bonchev–Trinajstić information content (AvgIpc) is 2.56. The third-order valence-corrected chi connectivity index (χ3v) is 1.59. The molecule has 0 aliphatic carbocycles. The molecule has 1 aromatic carbocycles. The van der Waals surface area contributed by atoms with Crippen LogP contribution in [0.5, 0.6) is 0 Å². The maximum atomic E-state index is 12.6. The summed E-state index contributed by atoms with van der Waals surface area (Å²) < 4.78 is 14.0. The van der Waals surface area contributed by atoms with E-state index < -0.39 is 0 Å². The molecule has 0 fully saturated rings. The van der Waals surface area contributed by atoms with Crippen molar-refractivity contribution in [3.63, 3.8) is 0 Å². The van der Waals surface area contributed by atoms with E-state index in [-0.39, 0.29) is 5.82 Å². The van der Waals surface area contributed by atoms with Crippen LogP contribution < -0.4 is 5.73 Å². The Balaban J connectivity index is 2.53. The van der Waals surface area contributed by atoms with Crippen LogP contribution in [0.1, 0.15) is 0 Å². The summed E-state index contributed by atoms with van der Waals surface area (Å²) in [6.45, 7) is 0. The zero-order chi connectivity index (χ0) is 9.26. The van der Waals surface area contributed by atoms with E-state index in [1.165, 1.54) is 29.2 Å². The second-order valence-electron chi connectivity index (χ2n) is 2.46. The lowest BCUT2D eigenvalue weighted by molar-refractivity contribution is 0.627. The number of halogens is 1. The molecule has 1 heterocycles. The highest BCUT2D eigenvalue weighted by atomic mass is 19.1. The topological polar surface area (TPSA) is 69.6 Å². The molecule has 1 aromatic heterocycles. The molecule has 0 amide bonds. The molecule has 2 rings (SSSR count). The van der Waals surface area contributed by atoms with Gasteiger partial charge < -0.3 is 5.73 Å². The number of hydrogen-bond acceptors (Lipinski definition) is 4. The van der Waals surface area contributed by atoms with Gasteiger partial charge in [0.2, 0.25) is 0 Å². The monoisotopic (exact) mass is 179 g/mol. The van der Waals surface area contributed by atoms with Gasteiger partial charge in [0.15, 0.2) is 0 Å². The van der Waals surface area contributed by atoms with E-state index in [4.69, 9.17) is 5.73 Å². The summed E-state index contributed by atoms with van der Waals surface area (Å²) in [5.74, 6) is -0.380. The third kappa shape index (κ3) is 1.33. The van der Waals surface area contributed by atoms with Crippen LogP contribution in [-0.4, -0.2) is 20.2 Å². The zero-order valence-corrected chi connectivity index (χ0v) is 6.55. The SMILES string of the molecule is Nc1cc(F)ccc1-n1cnnn1. The van der Waals surface area contributed by atoms with E-state index in [2.05, 4.69) is 15.5 Å². The van der Waals surface area contributed by atoms with Crippen molar-refractivity contribution in [3.05, 3.63) is 30.3 Å². The number of aromatic nitrogens is 4. The molecule has 0 saturated carbocycles. The second kappa shape index (κ2) is 2.81. The molecule has 0 bridgehead atoms. The molecular formula is C7H6FN5. The maximum Gasteiger partial charge on any atom is 0.143 e. The fourth-order valence-corrected chi connectivity index (χ4v) is 1.01. The van der Waals surface area contributed by atoms with Crippen LogP contribution in [0.15, 0.2) is 24.5 Å². The van der Waals surface area contributed by atoms with Crippen molar-refractivity contribution >= 4 is 5.69 Å². The quantitative estimate of drug-likeness (QED) is 0.642. The van der Waals surface area contributed by atoms with Crippen molar-refractivity contribution in [3.8, 4) is 5.69 Å². The van der Waals surface area contributed by atoms with Crippen LogP contribution in [0, 0.1) is 5.82 Å². The lowest BCUT2D eigenvalue weighted by Crippen LogP contribution is -2.00. The van der Waals surface area contributed by atoms with Crippen molar-refractivity contribution < 1.29 is 4.39 Å². The van der Waals surface area contributed by atoms with Gasteiger partial charge >= 0.3 is 0 Å². The van der Waals surface area contributed by atoms with Gasteiger partial charge in [-0.05, 0) is 28.6 Å². The van der Waals surface area contributed by atoms with Crippen molar-refractivity contribution in [2.24, 2.45) is 0 Å². The number of nitrogens with zero attached hydrogens (tertiary/aromatic N) is 4. The molecule has 2 aromatic rings. The van der Waals surface area contributed by atoms with Crippen molar-refractivity contribution in [1.82, 2.24) is 20.2 Å². The van der Waals surface area contributed by atoms with E-state index in [9.17, 15) is 4.39 Å². The van der Waals surface area contributed by atoms with Crippen molar-refractivity contribution in [2.75, 3.05) is 5.73 Å². The van der Waals surface area contributed by atoms with E-state index in [0.29, 0.717) is 11.4 Å². The molecule has 0 atom stereocenters. The molecule has 6 heteroatoms. The summed E-state index contributed by atoms with van der Waals surface area (Å²) in [5, 5.41) is 10.5. The summed E-state index contributed by atoms with van der Waals surface area (Å²) in [6.07, 6.45) is 1.39. The minimum Gasteiger partial charge on any atom is -0.397 e. The Bertz CT molecular complexity index is 411. The predicted molar refractivity (Wildman–Crippen MR) is 43.5 cm³/mol. The molecule has 13 heavy (non-hydrogen) atoms. The van der Waals surface area contributed by atoms with Gasteiger partial charge in [-0.15, -0.1) is 5.10 Å². The average molecular weight is 179 g/mol. The number of nitrogen functional groups attached to an aromatic ring is 1. The highest BCUT2D eigenvalue weighted by molar-refractivity contribution is 5.56. The molecule has 0 radical (unpaired) electrons. The van der Waals surface area contributed by atoms with Crippen LogP contribution in [0.2, 0.25) is 0 Å². The Morgan fingerprint density at radius 1 is 1.38 bits per heavy atom. The summed E-state index contributed by atoms with van der Waals surface area (Å²) in [6, 6.07) is 4.03. The van der Waals surface area contributed by atoms with E-state index in [0.717, 1.165) is 0 Å². The highest BCUT2D eigenvalue weighted by Gasteiger charge is 2.03. The maximum absolute atomic E-state index is 12.6. The fraction of sp³-hybridized carbons (Fsp3) is 0. The Hall–Kier alpha value is -1.98. The van der Waals surface area contributed by atoms with Gasteiger partial charge in [0.25, 0.3) is 0 Å². The highest BCUT2D eigenvalue weighted by Crippen LogP contribution is 2.16. The van der Waals surface area contributed by atoms with E-state index in [1.807, 2.05) is 0 Å². The molecule has 0 aliphatic heterocycles. The van der Waals surface area contributed by atoms with Gasteiger partial charge in [-0.3, -0.25) is 0 Å². The van der Waals surface area contributed by atoms with E-state index >= 15 is 0 Å². The standard InChI is InChI=1S/C7H6FN5/c8-5-1-2-7(6(9)3-5)13-4-10-11-12-13/h1-4H,9H2. The number of hydrogen-bond donors (Lipinski definition) is 1. The second-order valence-corrected chi connectivity index (χ2v) is 2.46. The van der Waals surface area contributed by atoms with Crippen LogP contribution in [0.25, 0.3) is 5.69 Å². The number of rotatable bonds is 1. The van der Waals surface area contributed by atoms with Gasteiger partial charge in [0.05, 0.1) is 11.4 Å². The van der Waals surface area contributed by atoms with Gasteiger partial charge in [-0.25, -0.2) is 4.39 Å². The fourth-order valence-electron chi connectivity index (χ4n) is 1.01. The smallest absolute Gasteiger partial charge is 0.143 e. The lowest BCUT2D eigenvalue weighted by Gasteiger charge is -2.02. The third-order valence-electron chi connectivity index (χ3n) is 1.59. The summed E-state index contributed by atoms with van der Waals surface area (Å²) in [4.78, 5) is 0. The first-order chi connectivity index (χ1) is 6.27. The lowest BCUT2D eigenvalue weighted by atomic mass is 10.2. The molecule has 0 aliphatic rings. The summed E-state index contributed by atoms with van der Waals surface area (Å²) >= 11 is 0. The van der Waals surface area contributed by atoms with Crippen LogP contribution in [-0.2, 0) is 0 Å². The van der Waals surface area contributed by atoms with Crippen LogP contribution in [0.3, 0.4) is 0 Å². The summed E-state index contributed by atoms with van der Waals surface area (Å²) in [5.41, 5.74) is 6.42. The molecule has 0 spiro atoms. The first-order valence-electron chi connectivity index (χ1n) is 3.56. The number of benzene rings is 1. The van der Waals surface area contributed by atoms with Gasteiger partial charge in [0, 0.05) is 0 Å². The number of tetrazole rings is 1. The molecule has 66 valence electrons. The van der Waals surface area contributed by atoms with Crippen molar-refractivity contribution in [1.29, 1.82) is 0 Å². The first kappa shape index (κ1) is 7.66. The molecule has 2 N–H and O–H groups in total. The first-order valence-corrected chi connectivity index (χ1v) is 3.56. The largest absolute Gasteiger partial charge is 0.397 e. The Morgan fingerprint density at radius 3 is 2.85 bits per heavy atom. The molecule has 5 nitrogen and oxygen atoms in total. The molecule has 0 unspecified atom stereocenters. The Kier molecular flexibility index (Phi) is 1.66. The Morgan fingerprint density at radius 2 is 2.23 bits per heavy atom. The minimum atomic E-state index is -0.380.